The number of rotatable bonds is 3. The molecule has 130 valence electrons. The minimum atomic E-state index is -2.28. The quantitative estimate of drug-likeness (QED) is 0.302. The van der Waals surface area contributed by atoms with Crippen LogP contribution < -0.4 is 14.9 Å². The Balaban J connectivity index is 1.79. The largest absolute Gasteiger partial charge is 0.454 e. The minimum absolute atomic E-state index is 0.00118. The molecule has 10 heteroatoms. The van der Waals surface area contributed by atoms with E-state index in [1.165, 1.54) is 18.2 Å². The average Bonchev–Trinajstić information content (AvgIpc) is 3.08. The average molecular weight is 358 g/mol. The monoisotopic (exact) mass is 358 g/mol. The van der Waals surface area contributed by atoms with Crippen LogP contribution in [0.15, 0.2) is 23.3 Å². The molecular weight excluding hydrogens is 351 g/mol. The number of amides is 1. The molecule has 25 heavy (non-hydrogen) atoms. The molecule has 1 aliphatic rings. The number of hydrogen-bond acceptors (Lipinski definition) is 4. The second-order valence-electron chi connectivity index (χ2n) is 4.75. The second kappa shape index (κ2) is 6.38. The molecule has 0 unspecified atom stereocenters. The summed E-state index contributed by atoms with van der Waals surface area (Å²) in [7, 11) is 0. The highest BCUT2D eigenvalue weighted by Gasteiger charge is 2.24. The van der Waals surface area contributed by atoms with Crippen LogP contribution in [0.25, 0.3) is 0 Å². The van der Waals surface area contributed by atoms with Gasteiger partial charge in [-0.1, -0.05) is 0 Å². The lowest BCUT2D eigenvalue weighted by atomic mass is 10.2. The predicted molar refractivity (Wildman–Crippen MR) is 73.9 cm³/mol. The van der Waals surface area contributed by atoms with E-state index in [1.54, 1.807) is 0 Å². The maximum absolute atomic E-state index is 13.4. The van der Waals surface area contributed by atoms with Crippen LogP contribution in [0.2, 0.25) is 0 Å². The van der Waals surface area contributed by atoms with Crippen molar-refractivity contribution >= 4 is 12.1 Å². The Morgan fingerprint density at radius 2 is 1.56 bits per heavy atom. The molecule has 2 aromatic carbocycles. The highest BCUT2D eigenvalue weighted by Crippen LogP contribution is 2.32. The van der Waals surface area contributed by atoms with Gasteiger partial charge in [-0.3, -0.25) is 4.79 Å². The van der Waals surface area contributed by atoms with Crippen molar-refractivity contribution in [3.05, 3.63) is 58.4 Å². The van der Waals surface area contributed by atoms with Crippen molar-refractivity contribution in [1.82, 2.24) is 5.43 Å². The van der Waals surface area contributed by atoms with Crippen molar-refractivity contribution in [3.8, 4) is 11.5 Å². The number of carbonyl (C=O) groups is 1. The Bertz CT molecular complexity index is 872. The predicted octanol–water partition coefficient (Wildman–Crippen LogP) is 2.87. The van der Waals surface area contributed by atoms with Gasteiger partial charge in [-0.05, 0) is 18.2 Å². The van der Waals surface area contributed by atoms with E-state index in [0.29, 0.717) is 17.7 Å². The summed E-state index contributed by atoms with van der Waals surface area (Å²) in [5.41, 5.74) is 0.715. The molecule has 5 nitrogen and oxygen atoms in total. The summed E-state index contributed by atoms with van der Waals surface area (Å²) < 4.78 is 76.0. The fourth-order valence-electron chi connectivity index (χ4n) is 1.99. The molecule has 1 N–H and O–H groups in total. The third-order valence-electron chi connectivity index (χ3n) is 3.24. The van der Waals surface area contributed by atoms with E-state index < -0.39 is 40.6 Å². The zero-order valence-electron chi connectivity index (χ0n) is 12.1. The van der Waals surface area contributed by atoms with Crippen LogP contribution in [-0.4, -0.2) is 18.9 Å². The first-order chi connectivity index (χ1) is 11.9. The Hall–Kier alpha value is -3.17. The molecule has 1 heterocycles. The highest BCUT2D eigenvalue weighted by atomic mass is 19.2. The van der Waals surface area contributed by atoms with Crippen LogP contribution in [0.1, 0.15) is 15.9 Å². The topological polar surface area (TPSA) is 59.9 Å². The fraction of sp³-hybridized carbons (Fsp3) is 0.0667. The molecule has 1 aliphatic heterocycles. The van der Waals surface area contributed by atoms with Gasteiger partial charge in [-0.15, -0.1) is 0 Å². The summed E-state index contributed by atoms with van der Waals surface area (Å²) in [6, 6.07) is 4.17. The van der Waals surface area contributed by atoms with Gasteiger partial charge in [0.25, 0.3) is 5.91 Å². The van der Waals surface area contributed by atoms with E-state index in [4.69, 9.17) is 9.47 Å². The lowest BCUT2D eigenvalue weighted by molar-refractivity contribution is 0.0954. The van der Waals surface area contributed by atoms with Gasteiger partial charge in [0.2, 0.25) is 12.6 Å². The second-order valence-corrected chi connectivity index (χ2v) is 4.75. The molecule has 0 bridgehead atoms. The van der Waals surface area contributed by atoms with Crippen LogP contribution in [0.4, 0.5) is 22.0 Å². The zero-order valence-corrected chi connectivity index (χ0v) is 12.1. The van der Waals surface area contributed by atoms with Gasteiger partial charge in [0.15, 0.2) is 34.8 Å². The van der Waals surface area contributed by atoms with Gasteiger partial charge < -0.3 is 9.47 Å². The van der Waals surface area contributed by atoms with Crippen LogP contribution in [0, 0.1) is 29.1 Å². The van der Waals surface area contributed by atoms with Gasteiger partial charge in [-0.2, -0.15) is 5.10 Å². The van der Waals surface area contributed by atoms with Crippen molar-refractivity contribution in [1.29, 1.82) is 0 Å². The molecule has 0 fully saturated rings. The molecule has 0 saturated heterocycles. The normalized spacial score (nSPS) is 12.7. The van der Waals surface area contributed by atoms with Gasteiger partial charge in [0.05, 0.1) is 11.8 Å². The van der Waals surface area contributed by atoms with Gasteiger partial charge >= 0.3 is 0 Å². The summed E-state index contributed by atoms with van der Waals surface area (Å²) in [4.78, 5) is 11.9. The number of carbonyl (C=O) groups excluding carboxylic acids is 1. The zero-order chi connectivity index (χ0) is 18.1. The molecule has 0 aliphatic carbocycles. The lowest BCUT2D eigenvalue weighted by Gasteiger charge is -2.04. The molecule has 2 aromatic rings. The molecule has 0 radical (unpaired) electrons. The Morgan fingerprint density at radius 1 is 0.960 bits per heavy atom. The summed E-state index contributed by atoms with van der Waals surface area (Å²) in [6.07, 6.45) is 0.321. The standard InChI is InChI=1S/C15H7F5N2O3/c16-10-7(11(17)13(19)14(20)12(10)18)4-21-22-15(23)6-1-2-8-9(3-6)25-5-24-8/h1-4H,5H2,(H,22,23)/b21-4+. The number of halogens is 5. The van der Waals surface area contributed by atoms with Crippen molar-refractivity contribution in [3.63, 3.8) is 0 Å². The van der Waals surface area contributed by atoms with Crippen LogP contribution in [0.3, 0.4) is 0 Å². The molecule has 1 amide bonds. The Morgan fingerprint density at radius 3 is 2.24 bits per heavy atom. The van der Waals surface area contributed by atoms with Gasteiger partial charge in [0, 0.05) is 5.56 Å². The van der Waals surface area contributed by atoms with Gasteiger partial charge in [-0.25, -0.2) is 27.4 Å². The van der Waals surface area contributed by atoms with Crippen molar-refractivity contribution in [2.45, 2.75) is 0 Å². The minimum Gasteiger partial charge on any atom is -0.454 e. The van der Waals surface area contributed by atoms with Crippen molar-refractivity contribution in [2.75, 3.05) is 6.79 Å². The molecule has 0 aromatic heterocycles. The number of fused-ring (bicyclic) bond motifs is 1. The first-order valence-corrected chi connectivity index (χ1v) is 6.64. The number of hydrazone groups is 1. The first-order valence-electron chi connectivity index (χ1n) is 6.64. The fourth-order valence-corrected chi connectivity index (χ4v) is 1.99. The van der Waals surface area contributed by atoms with E-state index in [9.17, 15) is 26.7 Å². The third-order valence-corrected chi connectivity index (χ3v) is 3.24. The molecule has 0 saturated carbocycles. The molecule has 0 atom stereocenters. The van der Waals surface area contributed by atoms with Crippen LogP contribution in [0.5, 0.6) is 11.5 Å². The number of hydrogen-bond donors (Lipinski definition) is 1. The Kier molecular flexibility index (Phi) is 4.26. The van der Waals surface area contributed by atoms with Crippen molar-refractivity contribution in [2.24, 2.45) is 5.10 Å². The van der Waals surface area contributed by atoms with E-state index in [0.717, 1.165) is 0 Å². The van der Waals surface area contributed by atoms with E-state index in [1.807, 2.05) is 5.43 Å². The van der Waals surface area contributed by atoms with Crippen LogP contribution in [-0.2, 0) is 0 Å². The SMILES string of the molecule is O=C(N/N=C/c1c(F)c(F)c(F)c(F)c1F)c1ccc2c(c1)OCO2. The number of ether oxygens (including phenoxy) is 2. The van der Waals surface area contributed by atoms with E-state index in [2.05, 4.69) is 5.10 Å². The summed E-state index contributed by atoms with van der Waals surface area (Å²) >= 11 is 0. The highest BCUT2D eigenvalue weighted by molar-refractivity contribution is 5.95. The molecule has 3 rings (SSSR count). The third kappa shape index (κ3) is 2.97. The maximum atomic E-state index is 13.4. The van der Waals surface area contributed by atoms with Crippen LogP contribution >= 0.6 is 0 Å². The number of nitrogens with zero attached hydrogens (tertiary/aromatic N) is 1. The first kappa shape index (κ1) is 16.7. The lowest BCUT2D eigenvalue weighted by Crippen LogP contribution is -2.18. The molecular formula is C15H7F5N2O3. The smallest absolute Gasteiger partial charge is 0.271 e. The number of nitrogens with one attached hydrogen (secondary N) is 1. The van der Waals surface area contributed by atoms with E-state index >= 15 is 0 Å². The molecule has 0 spiro atoms. The van der Waals surface area contributed by atoms with Crippen molar-refractivity contribution < 1.29 is 36.2 Å². The van der Waals surface area contributed by atoms with Gasteiger partial charge in [0.1, 0.15) is 0 Å². The maximum Gasteiger partial charge on any atom is 0.271 e. The summed E-state index contributed by atoms with van der Waals surface area (Å²) in [6.45, 7) is -0.00118. The van der Waals surface area contributed by atoms with E-state index in [-0.39, 0.29) is 12.4 Å². The Labute approximate surface area is 136 Å². The summed E-state index contributed by atoms with van der Waals surface area (Å²) in [5, 5.41) is 3.21. The number of benzene rings is 2. The summed E-state index contributed by atoms with van der Waals surface area (Å²) in [5.74, 6) is -10.7.